The van der Waals surface area contributed by atoms with E-state index in [1.54, 1.807) is 42.3 Å². The number of carbonyl (C=O) groups is 2. The average molecular weight is 678 g/mol. The van der Waals surface area contributed by atoms with Crippen molar-refractivity contribution in [1.82, 2.24) is 4.90 Å². The number of fused-ring (bicyclic) bond motifs is 2. The largest absolute Gasteiger partial charge is 0.385 e. The number of anilines is 1. The number of hydrogen-bond acceptors (Lipinski definition) is 3. The molecule has 1 spiro atoms. The molecule has 2 aliphatic heterocycles. The van der Waals surface area contributed by atoms with Crippen LogP contribution in [-0.4, -0.2) is 50.9 Å². The third-order valence-corrected chi connectivity index (χ3v) is 10.9. The van der Waals surface area contributed by atoms with Crippen molar-refractivity contribution in [2.75, 3.05) is 31.5 Å². The number of ether oxygens (including phenoxy) is 1. The van der Waals surface area contributed by atoms with Gasteiger partial charge in [0.25, 0.3) is 0 Å². The number of carbonyl (C=O) groups excluding carboxylic acids is 2. The minimum atomic E-state index is -1.25. The fourth-order valence-corrected chi connectivity index (χ4v) is 7.60. The van der Waals surface area contributed by atoms with Gasteiger partial charge in [0.1, 0.15) is 11.2 Å². The van der Waals surface area contributed by atoms with E-state index in [2.05, 4.69) is 25.0 Å². The fraction of sp³-hybridized carbons (Fsp3) is 0.412. The molecule has 0 bridgehead atoms. The van der Waals surface area contributed by atoms with Crippen molar-refractivity contribution < 1.29 is 18.7 Å². The molecule has 2 aliphatic rings. The molecule has 236 valence electrons. The van der Waals surface area contributed by atoms with Gasteiger partial charge in [-0.15, -0.1) is 11.6 Å². The van der Waals surface area contributed by atoms with E-state index in [4.69, 9.17) is 39.5 Å². The predicted octanol–water partition coefficient (Wildman–Crippen LogP) is 8.99. The van der Waals surface area contributed by atoms with Gasteiger partial charge in [0.2, 0.25) is 11.8 Å². The Balaban J connectivity index is 0.000000488. The van der Waals surface area contributed by atoms with Gasteiger partial charge < -0.3 is 15.0 Å². The lowest BCUT2D eigenvalue weighted by Crippen LogP contribution is -2.58. The van der Waals surface area contributed by atoms with Crippen LogP contribution in [0.2, 0.25) is 35.7 Å². The zero-order chi connectivity index (χ0) is 32.2. The molecule has 2 heterocycles. The molecule has 3 aromatic rings. The summed E-state index contributed by atoms with van der Waals surface area (Å²) in [4.78, 5) is 29.7. The van der Waals surface area contributed by atoms with E-state index in [9.17, 15) is 14.0 Å². The van der Waals surface area contributed by atoms with Gasteiger partial charge in [-0.2, -0.15) is 0 Å². The number of benzene rings is 3. The van der Waals surface area contributed by atoms with Gasteiger partial charge >= 0.3 is 0 Å². The Morgan fingerprint density at radius 2 is 1.77 bits per heavy atom. The molecule has 1 fully saturated rings. The van der Waals surface area contributed by atoms with E-state index >= 15 is 0 Å². The Morgan fingerprint density at radius 3 is 2.41 bits per heavy atom. The maximum Gasteiger partial charge on any atom is 0.238 e. The predicted molar refractivity (Wildman–Crippen MR) is 182 cm³/mol. The van der Waals surface area contributed by atoms with Crippen LogP contribution in [-0.2, 0) is 19.7 Å². The number of hydrogen-bond donors (Lipinski definition) is 1. The Labute approximate surface area is 276 Å². The number of nitrogens with zero attached hydrogens (tertiary/aromatic N) is 1. The highest BCUT2D eigenvalue weighted by Crippen LogP contribution is 2.60. The second-order valence-electron chi connectivity index (χ2n) is 12.7. The quantitative estimate of drug-likeness (QED) is 0.191. The molecule has 3 atom stereocenters. The van der Waals surface area contributed by atoms with E-state index in [1.165, 1.54) is 18.2 Å². The number of amides is 2. The summed E-state index contributed by atoms with van der Waals surface area (Å²) in [7, 11) is 0.961. The first-order chi connectivity index (χ1) is 20.8. The molecule has 5 nitrogen and oxygen atoms in total. The lowest BCUT2D eigenvalue weighted by Gasteiger charge is -2.52. The molecule has 3 aromatic carbocycles. The monoisotopic (exact) mass is 676 g/mol. The number of methoxy groups -OCH3 is 1. The van der Waals surface area contributed by atoms with E-state index in [-0.39, 0.29) is 18.2 Å². The van der Waals surface area contributed by atoms with Crippen molar-refractivity contribution in [2.24, 2.45) is 0 Å². The second-order valence-corrected chi connectivity index (χ2v) is 19.5. The van der Waals surface area contributed by atoms with Crippen molar-refractivity contribution in [1.29, 1.82) is 0 Å². The third-order valence-electron chi connectivity index (χ3n) is 8.42. The van der Waals surface area contributed by atoms with Gasteiger partial charge in [-0.25, -0.2) is 4.39 Å². The van der Waals surface area contributed by atoms with Crippen LogP contribution < -0.4 is 5.32 Å². The van der Waals surface area contributed by atoms with Crippen molar-refractivity contribution in [3.63, 3.8) is 0 Å². The summed E-state index contributed by atoms with van der Waals surface area (Å²) in [6, 6.07) is 17.6. The summed E-state index contributed by atoms with van der Waals surface area (Å²) in [6.45, 7) is 10.2. The van der Waals surface area contributed by atoms with Gasteiger partial charge in [0.15, 0.2) is 0 Å². The van der Waals surface area contributed by atoms with Gasteiger partial charge in [0.05, 0.1) is 6.04 Å². The van der Waals surface area contributed by atoms with E-state index < -0.39 is 31.3 Å². The highest BCUT2D eigenvalue weighted by atomic mass is 35.5. The summed E-state index contributed by atoms with van der Waals surface area (Å²) in [5.41, 5.74) is 2.20. The minimum Gasteiger partial charge on any atom is -0.385 e. The smallest absolute Gasteiger partial charge is 0.238 e. The Hall–Kier alpha value is -2.42. The zero-order valence-electron chi connectivity index (χ0n) is 25.9. The number of rotatable bonds is 8. The molecule has 0 aromatic heterocycles. The highest BCUT2D eigenvalue weighted by Gasteiger charge is 2.63. The third kappa shape index (κ3) is 7.18. The number of alkyl halides is 1. The number of halogens is 4. The lowest BCUT2D eigenvalue weighted by molar-refractivity contribution is -0.145. The average Bonchev–Trinajstić information content (AvgIpc) is 3.24. The van der Waals surface area contributed by atoms with Crippen LogP contribution in [0.25, 0.3) is 0 Å². The maximum absolute atomic E-state index is 14.7. The van der Waals surface area contributed by atoms with Crippen LogP contribution in [0.4, 0.5) is 10.1 Å². The van der Waals surface area contributed by atoms with Gasteiger partial charge in [-0.1, -0.05) is 67.1 Å². The topological polar surface area (TPSA) is 58.6 Å². The fourth-order valence-electron chi connectivity index (χ4n) is 6.29. The van der Waals surface area contributed by atoms with Crippen molar-refractivity contribution in [3.05, 3.63) is 98.8 Å². The Kier molecular flexibility index (Phi) is 11.2. The normalized spacial score (nSPS) is 21.2. The molecule has 2 amide bonds. The minimum absolute atomic E-state index is 0.0863. The highest BCUT2D eigenvalue weighted by molar-refractivity contribution is 6.76. The molecule has 1 saturated heterocycles. The molecule has 5 rings (SSSR count). The van der Waals surface area contributed by atoms with E-state index in [0.717, 1.165) is 23.3 Å². The van der Waals surface area contributed by atoms with Crippen LogP contribution in [0.3, 0.4) is 0 Å². The zero-order valence-corrected chi connectivity index (χ0v) is 29.1. The van der Waals surface area contributed by atoms with E-state index in [0.29, 0.717) is 40.1 Å². The molecule has 0 unspecified atom stereocenters. The van der Waals surface area contributed by atoms with Crippen LogP contribution in [0.5, 0.6) is 0 Å². The molecule has 44 heavy (non-hydrogen) atoms. The van der Waals surface area contributed by atoms with Crippen LogP contribution in [0.15, 0.2) is 60.7 Å². The van der Waals surface area contributed by atoms with Crippen LogP contribution in [0, 0.1) is 12.7 Å². The molecule has 1 N–H and O–H groups in total. The van der Waals surface area contributed by atoms with E-state index in [1.807, 2.05) is 25.1 Å². The first-order valence-electron chi connectivity index (χ1n) is 14.8. The number of nitrogens with one attached hydrogen (secondary N) is 1. The van der Waals surface area contributed by atoms with Crippen LogP contribution >= 0.6 is 34.8 Å². The molecular formula is C34H40Cl3FN2O3Si. The van der Waals surface area contributed by atoms with Crippen LogP contribution in [0.1, 0.15) is 47.1 Å². The van der Waals surface area contributed by atoms with Crippen molar-refractivity contribution in [2.45, 2.75) is 62.8 Å². The summed E-state index contributed by atoms with van der Waals surface area (Å²) in [5, 5.41) is 4.01. The second kappa shape index (κ2) is 14.3. The molecule has 0 aliphatic carbocycles. The SMILES string of the molecule is COCC[Si](C)(C)C.Cc1ccc(F)cc1[C@H]1N(CCCCl)C(=O)C[C@@H](c2cccc(Cl)c2)[C@]12C(=O)Nc1cc(Cl)ccc12. The first kappa shape index (κ1) is 34.5. The summed E-state index contributed by atoms with van der Waals surface area (Å²) in [5.74, 6) is -1.02. The molecular weight excluding hydrogens is 638 g/mol. The Bertz CT molecular complexity index is 1520. The molecule has 10 heteroatoms. The summed E-state index contributed by atoms with van der Waals surface area (Å²) >= 11 is 18.7. The van der Waals surface area contributed by atoms with Crippen molar-refractivity contribution >= 4 is 60.4 Å². The van der Waals surface area contributed by atoms with Gasteiger partial charge in [0, 0.05) is 62.3 Å². The maximum atomic E-state index is 14.7. The lowest BCUT2D eigenvalue weighted by atomic mass is 9.58. The summed E-state index contributed by atoms with van der Waals surface area (Å²) < 4.78 is 19.7. The Morgan fingerprint density at radius 1 is 1.05 bits per heavy atom. The first-order valence-corrected chi connectivity index (χ1v) is 19.8. The summed E-state index contributed by atoms with van der Waals surface area (Å²) in [6.07, 6.45) is 0.619. The number of likely N-dealkylation sites (tertiary alicyclic amines) is 1. The number of aryl methyl sites for hydroxylation is 1. The van der Waals surface area contributed by atoms with Gasteiger partial charge in [-0.05, 0) is 78.0 Å². The molecule has 0 saturated carbocycles. The number of piperidine rings is 1. The molecule has 0 radical (unpaired) electrons. The standard InChI is InChI=1S/C28H24Cl3FN2O2.C6H16OSi/c1-16-6-8-20(32)14-21(16)26-28(22-9-7-19(31)13-24(22)33-27(28)36)23(17-4-2-5-18(30)12-17)15-25(35)34(26)11-3-10-29;1-7-5-6-8(2,3)4/h2,4-9,12-14,23,26H,3,10-11,15H2,1H3,(H,33,36);5-6H2,1-4H3/t23-,26+,28-;/m0./s1. The van der Waals surface area contributed by atoms with Crippen molar-refractivity contribution in [3.8, 4) is 0 Å². The van der Waals surface area contributed by atoms with Gasteiger partial charge in [-0.3, -0.25) is 9.59 Å².